The van der Waals surface area contributed by atoms with Crippen LogP contribution in [0.2, 0.25) is 0 Å². The van der Waals surface area contributed by atoms with E-state index < -0.39 is 5.91 Å². The number of halogens is 3. The molecule has 8 nitrogen and oxygen atoms in total. The average Bonchev–Trinajstić information content (AvgIpc) is 3.14. The minimum atomic E-state index is -0.634. The van der Waals surface area contributed by atoms with Crippen LogP contribution in [0.5, 0.6) is 5.75 Å². The predicted molar refractivity (Wildman–Crippen MR) is 116 cm³/mol. The molecule has 11 heteroatoms. The Labute approximate surface area is 186 Å². The van der Waals surface area contributed by atoms with Gasteiger partial charge in [-0.3, -0.25) is 19.9 Å². The van der Waals surface area contributed by atoms with E-state index in [-0.39, 0.29) is 36.7 Å². The average molecular weight is 460 g/mol. The van der Waals surface area contributed by atoms with E-state index in [9.17, 15) is 9.18 Å². The van der Waals surface area contributed by atoms with Gasteiger partial charge in [0.15, 0.2) is 0 Å². The number of carbonyl (C=O) groups is 1. The van der Waals surface area contributed by atoms with Crippen molar-refractivity contribution in [1.29, 1.82) is 0 Å². The first-order valence-corrected chi connectivity index (χ1v) is 8.83. The standard InChI is InChI=1S/C19H22FN5O3.2ClH/c1-28-17-4-2-14(20)8-13(17)11-25-7-6-16(12-25)23-18-10-21-15(9-22-18)3-5-19(26)24-27;;/h2-5,8-10,16,27H,6-7,11-12H2,1H3,(H,22,23)(H,24,26);2*1H/b5-3+;;/t16-;;/m1../s1. The summed E-state index contributed by atoms with van der Waals surface area (Å²) in [5, 5.41) is 11.8. The number of methoxy groups -OCH3 is 1. The van der Waals surface area contributed by atoms with E-state index in [1.165, 1.54) is 29.9 Å². The summed E-state index contributed by atoms with van der Waals surface area (Å²) < 4.78 is 18.8. The van der Waals surface area contributed by atoms with Crippen LogP contribution < -0.4 is 15.5 Å². The molecule has 2 heterocycles. The number of carbonyl (C=O) groups excluding carboxylic acids is 1. The maximum atomic E-state index is 13.5. The van der Waals surface area contributed by atoms with Crippen molar-refractivity contribution in [2.24, 2.45) is 0 Å². The Morgan fingerprint density at radius 3 is 2.83 bits per heavy atom. The molecular formula is C19H24Cl2FN5O3. The van der Waals surface area contributed by atoms with Crippen molar-refractivity contribution in [1.82, 2.24) is 20.3 Å². The number of nitrogens with one attached hydrogen (secondary N) is 2. The fourth-order valence-corrected chi connectivity index (χ4v) is 3.11. The molecule has 30 heavy (non-hydrogen) atoms. The molecule has 1 atom stereocenters. The molecule has 1 aromatic heterocycles. The summed E-state index contributed by atoms with van der Waals surface area (Å²) in [6, 6.07) is 4.75. The van der Waals surface area contributed by atoms with E-state index in [0.29, 0.717) is 23.8 Å². The molecular weight excluding hydrogens is 436 g/mol. The van der Waals surface area contributed by atoms with E-state index >= 15 is 0 Å². The second kappa shape index (κ2) is 12.3. The van der Waals surface area contributed by atoms with Gasteiger partial charge < -0.3 is 10.1 Å². The summed E-state index contributed by atoms with van der Waals surface area (Å²) in [7, 11) is 1.58. The molecule has 0 bridgehead atoms. The molecule has 1 amide bonds. The number of likely N-dealkylation sites (tertiary alicyclic amines) is 1. The van der Waals surface area contributed by atoms with Crippen molar-refractivity contribution in [2.75, 3.05) is 25.5 Å². The number of hydroxylamine groups is 1. The highest BCUT2D eigenvalue weighted by Gasteiger charge is 2.23. The van der Waals surface area contributed by atoms with Crippen LogP contribution in [0.15, 0.2) is 36.7 Å². The van der Waals surface area contributed by atoms with Crippen LogP contribution >= 0.6 is 24.8 Å². The lowest BCUT2D eigenvalue weighted by molar-refractivity contribution is -0.124. The van der Waals surface area contributed by atoms with E-state index in [1.54, 1.807) is 19.4 Å². The topological polar surface area (TPSA) is 99.6 Å². The zero-order valence-electron chi connectivity index (χ0n) is 16.2. The minimum absolute atomic E-state index is 0. The van der Waals surface area contributed by atoms with Crippen molar-refractivity contribution >= 4 is 42.6 Å². The predicted octanol–water partition coefficient (Wildman–Crippen LogP) is 2.67. The van der Waals surface area contributed by atoms with Gasteiger partial charge in [-0.15, -0.1) is 24.8 Å². The zero-order valence-corrected chi connectivity index (χ0v) is 17.9. The summed E-state index contributed by atoms with van der Waals surface area (Å²) in [5.41, 5.74) is 2.83. The molecule has 0 unspecified atom stereocenters. The number of ether oxygens (including phenoxy) is 1. The van der Waals surface area contributed by atoms with Crippen LogP contribution in [0.4, 0.5) is 10.2 Å². The van der Waals surface area contributed by atoms with Crippen molar-refractivity contribution in [3.05, 3.63) is 53.7 Å². The Bertz CT molecular complexity index is 855. The van der Waals surface area contributed by atoms with Gasteiger partial charge in [-0.1, -0.05) is 0 Å². The summed E-state index contributed by atoms with van der Waals surface area (Å²) >= 11 is 0. The fraction of sp³-hybridized carbons (Fsp3) is 0.316. The second-order valence-corrected chi connectivity index (χ2v) is 6.46. The molecule has 1 aromatic carbocycles. The van der Waals surface area contributed by atoms with Gasteiger partial charge in [-0.05, 0) is 30.7 Å². The first kappa shape index (κ1) is 25.6. The number of amides is 1. The van der Waals surface area contributed by atoms with Gasteiger partial charge in [0, 0.05) is 37.3 Å². The van der Waals surface area contributed by atoms with Crippen molar-refractivity contribution < 1.29 is 19.1 Å². The Morgan fingerprint density at radius 1 is 1.37 bits per heavy atom. The van der Waals surface area contributed by atoms with Crippen LogP contribution in [-0.4, -0.2) is 52.2 Å². The lowest BCUT2D eigenvalue weighted by Gasteiger charge is -2.18. The molecule has 2 aromatic rings. The third kappa shape index (κ3) is 7.10. The quantitative estimate of drug-likeness (QED) is 0.332. The minimum Gasteiger partial charge on any atom is -0.496 e. The summed E-state index contributed by atoms with van der Waals surface area (Å²) in [5.74, 6) is 0.414. The molecule has 1 saturated heterocycles. The molecule has 0 radical (unpaired) electrons. The lowest BCUT2D eigenvalue weighted by Crippen LogP contribution is -2.26. The van der Waals surface area contributed by atoms with Crippen LogP contribution in [0.1, 0.15) is 17.7 Å². The third-order valence-electron chi connectivity index (χ3n) is 4.45. The van der Waals surface area contributed by atoms with Crippen LogP contribution in [0.25, 0.3) is 6.08 Å². The lowest BCUT2D eigenvalue weighted by atomic mass is 10.2. The molecule has 164 valence electrons. The van der Waals surface area contributed by atoms with Gasteiger partial charge in [0.2, 0.25) is 0 Å². The highest BCUT2D eigenvalue weighted by molar-refractivity contribution is 5.90. The molecule has 0 saturated carbocycles. The van der Waals surface area contributed by atoms with Crippen molar-refractivity contribution in [3.8, 4) is 5.75 Å². The van der Waals surface area contributed by atoms with E-state index in [1.807, 2.05) is 0 Å². The number of aromatic nitrogens is 2. The first-order chi connectivity index (χ1) is 13.6. The molecule has 3 rings (SSSR count). The number of nitrogens with zero attached hydrogens (tertiary/aromatic N) is 3. The normalized spacial score (nSPS) is 15.9. The number of hydrogen-bond acceptors (Lipinski definition) is 7. The smallest absolute Gasteiger partial charge is 0.267 e. The van der Waals surface area contributed by atoms with E-state index in [2.05, 4.69) is 20.2 Å². The Morgan fingerprint density at radius 2 is 2.17 bits per heavy atom. The van der Waals surface area contributed by atoms with Gasteiger partial charge in [-0.2, -0.15) is 0 Å². The Balaban J connectivity index is 0.00000225. The first-order valence-electron chi connectivity index (χ1n) is 8.83. The molecule has 3 N–H and O–H groups in total. The fourth-order valence-electron chi connectivity index (χ4n) is 3.11. The number of hydrogen-bond donors (Lipinski definition) is 3. The summed E-state index contributed by atoms with van der Waals surface area (Å²) in [6.45, 7) is 2.28. The third-order valence-corrected chi connectivity index (χ3v) is 4.45. The number of benzene rings is 1. The Hall–Kier alpha value is -2.46. The molecule has 0 aliphatic carbocycles. The monoisotopic (exact) mass is 459 g/mol. The van der Waals surface area contributed by atoms with Gasteiger partial charge in [0.1, 0.15) is 17.4 Å². The number of anilines is 1. The molecule has 1 aliphatic heterocycles. The van der Waals surface area contributed by atoms with Crippen molar-refractivity contribution in [2.45, 2.75) is 19.0 Å². The van der Waals surface area contributed by atoms with Crippen LogP contribution in [0.3, 0.4) is 0 Å². The molecule has 1 fully saturated rings. The van der Waals surface area contributed by atoms with E-state index in [0.717, 1.165) is 31.1 Å². The van der Waals surface area contributed by atoms with Gasteiger partial charge in [-0.25, -0.2) is 14.9 Å². The summed E-state index contributed by atoms with van der Waals surface area (Å²) in [6.07, 6.45) is 6.67. The molecule has 1 aliphatic rings. The zero-order chi connectivity index (χ0) is 19.9. The van der Waals surface area contributed by atoms with Crippen molar-refractivity contribution in [3.63, 3.8) is 0 Å². The van der Waals surface area contributed by atoms with Gasteiger partial charge >= 0.3 is 0 Å². The maximum absolute atomic E-state index is 13.5. The highest BCUT2D eigenvalue weighted by atomic mass is 35.5. The Kier molecular flexibility index (Phi) is 10.5. The van der Waals surface area contributed by atoms with Gasteiger partial charge in [0.05, 0.1) is 25.2 Å². The van der Waals surface area contributed by atoms with Crippen LogP contribution in [0, 0.1) is 5.82 Å². The van der Waals surface area contributed by atoms with E-state index in [4.69, 9.17) is 9.94 Å². The highest BCUT2D eigenvalue weighted by Crippen LogP contribution is 2.23. The molecule has 0 spiro atoms. The summed E-state index contributed by atoms with van der Waals surface area (Å²) in [4.78, 5) is 21.7. The largest absolute Gasteiger partial charge is 0.496 e. The maximum Gasteiger partial charge on any atom is 0.267 e. The second-order valence-electron chi connectivity index (χ2n) is 6.46. The SMILES string of the molecule is COc1ccc(F)cc1CN1CC[C@@H](Nc2cnc(/C=C/C(=O)NO)cn2)C1.Cl.Cl. The number of rotatable bonds is 7. The van der Waals surface area contributed by atoms with Crippen LogP contribution in [-0.2, 0) is 11.3 Å². The van der Waals surface area contributed by atoms with Gasteiger partial charge in [0.25, 0.3) is 5.91 Å².